The lowest BCUT2D eigenvalue weighted by atomic mass is 10.2. The fraction of sp³-hybridized carbons (Fsp3) is 0.471. The van der Waals surface area contributed by atoms with E-state index in [1.807, 2.05) is 13.0 Å². The van der Waals surface area contributed by atoms with E-state index in [2.05, 4.69) is 52.1 Å². The zero-order valence-electron chi connectivity index (χ0n) is 14.7. The standard InChI is InChI=1S/C17H25ClN4OS2/c1-4-19-17(21-11-13(23)15-7-8-16(18)25-15)20-10-12(22(2)3)14-6-5-9-24-14/h5-9,12-13,23H,4,10-11H2,1-3H3,(H2,19,20,21). The first-order chi connectivity index (χ1) is 12.0. The molecule has 25 heavy (non-hydrogen) atoms. The van der Waals surface area contributed by atoms with E-state index in [1.165, 1.54) is 16.2 Å². The molecule has 2 unspecified atom stereocenters. The van der Waals surface area contributed by atoms with Gasteiger partial charge < -0.3 is 20.6 Å². The van der Waals surface area contributed by atoms with E-state index in [0.29, 0.717) is 23.4 Å². The van der Waals surface area contributed by atoms with E-state index in [9.17, 15) is 5.11 Å². The van der Waals surface area contributed by atoms with Crippen LogP contribution in [0.5, 0.6) is 0 Å². The molecule has 0 amide bonds. The van der Waals surface area contributed by atoms with Crippen molar-refractivity contribution in [1.82, 2.24) is 15.5 Å². The number of nitrogens with zero attached hydrogens (tertiary/aromatic N) is 2. The molecule has 0 radical (unpaired) electrons. The van der Waals surface area contributed by atoms with Crippen LogP contribution in [0.2, 0.25) is 4.34 Å². The molecular weight excluding hydrogens is 376 g/mol. The summed E-state index contributed by atoms with van der Waals surface area (Å²) < 4.78 is 0.680. The Morgan fingerprint density at radius 1 is 1.28 bits per heavy atom. The predicted octanol–water partition coefficient (Wildman–Crippen LogP) is 3.35. The molecule has 2 rings (SSSR count). The quantitative estimate of drug-likeness (QED) is 0.469. The first-order valence-electron chi connectivity index (χ1n) is 8.16. The van der Waals surface area contributed by atoms with Crippen LogP contribution >= 0.6 is 34.3 Å². The molecule has 0 bridgehead atoms. The second-order valence-corrected chi connectivity index (χ2v) is 8.48. The van der Waals surface area contributed by atoms with Gasteiger partial charge in [0.2, 0.25) is 0 Å². The Kier molecular flexibility index (Phi) is 8.18. The fourth-order valence-electron chi connectivity index (χ4n) is 2.31. The van der Waals surface area contributed by atoms with Crippen molar-refractivity contribution < 1.29 is 5.11 Å². The Hall–Kier alpha value is -1.12. The number of hydrogen-bond donors (Lipinski definition) is 3. The minimum atomic E-state index is -0.608. The highest BCUT2D eigenvalue weighted by Crippen LogP contribution is 2.26. The molecule has 0 spiro atoms. The first-order valence-corrected chi connectivity index (χ1v) is 10.2. The number of aliphatic hydroxyl groups excluding tert-OH is 1. The normalized spacial score (nSPS) is 14.6. The smallest absolute Gasteiger partial charge is 0.191 e. The minimum absolute atomic E-state index is 0.233. The molecule has 5 nitrogen and oxygen atoms in total. The zero-order valence-corrected chi connectivity index (χ0v) is 17.1. The number of likely N-dealkylation sites (N-methyl/N-ethyl adjacent to an activating group) is 1. The molecule has 2 aromatic rings. The van der Waals surface area contributed by atoms with Gasteiger partial charge in [-0.25, -0.2) is 0 Å². The first kappa shape index (κ1) is 20.2. The molecule has 0 aliphatic rings. The van der Waals surface area contributed by atoms with Crippen molar-refractivity contribution in [3.8, 4) is 0 Å². The van der Waals surface area contributed by atoms with E-state index in [4.69, 9.17) is 11.6 Å². The summed E-state index contributed by atoms with van der Waals surface area (Å²) in [7, 11) is 4.12. The lowest BCUT2D eigenvalue weighted by Crippen LogP contribution is -2.40. The Morgan fingerprint density at radius 3 is 2.64 bits per heavy atom. The van der Waals surface area contributed by atoms with Crippen LogP contribution in [0.1, 0.15) is 28.8 Å². The monoisotopic (exact) mass is 400 g/mol. The summed E-state index contributed by atoms with van der Waals surface area (Å²) in [6, 6.07) is 8.08. The number of guanidine groups is 1. The lowest BCUT2D eigenvalue weighted by Gasteiger charge is -2.22. The summed E-state index contributed by atoms with van der Waals surface area (Å²) in [5, 5.41) is 18.8. The predicted molar refractivity (Wildman–Crippen MR) is 109 cm³/mol. The van der Waals surface area contributed by atoms with Gasteiger partial charge in [-0.1, -0.05) is 17.7 Å². The van der Waals surface area contributed by atoms with E-state index in [1.54, 1.807) is 17.4 Å². The molecule has 0 saturated heterocycles. The van der Waals surface area contributed by atoms with Gasteiger partial charge in [0.1, 0.15) is 6.10 Å². The van der Waals surface area contributed by atoms with Crippen LogP contribution in [-0.4, -0.2) is 49.7 Å². The van der Waals surface area contributed by atoms with Crippen molar-refractivity contribution >= 4 is 40.2 Å². The molecule has 0 saturated carbocycles. The van der Waals surface area contributed by atoms with Crippen LogP contribution < -0.4 is 10.6 Å². The topological polar surface area (TPSA) is 59.9 Å². The van der Waals surface area contributed by atoms with E-state index in [-0.39, 0.29) is 6.04 Å². The van der Waals surface area contributed by atoms with E-state index >= 15 is 0 Å². The van der Waals surface area contributed by atoms with Crippen LogP contribution in [0.25, 0.3) is 0 Å². The van der Waals surface area contributed by atoms with Crippen molar-refractivity contribution in [3.05, 3.63) is 43.7 Å². The number of rotatable bonds is 8. The van der Waals surface area contributed by atoms with Gasteiger partial charge in [0.05, 0.1) is 16.9 Å². The second-order valence-electron chi connectivity index (χ2n) is 5.75. The van der Waals surface area contributed by atoms with Crippen LogP contribution in [-0.2, 0) is 0 Å². The minimum Gasteiger partial charge on any atom is -0.386 e. The number of aliphatic imine (C=N–C) groups is 1. The number of halogens is 1. The van der Waals surface area contributed by atoms with Crippen molar-refractivity contribution in [2.75, 3.05) is 33.7 Å². The average Bonchev–Trinajstić information content (AvgIpc) is 3.24. The maximum absolute atomic E-state index is 10.3. The van der Waals surface area contributed by atoms with Crippen molar-refractivity contribution in [3.63, 3.8) is 0 Å². The van der Waals surface area contributed by atoms with Gasteiger partial charge in [0.15, 0.2) is 5.96 Å². The SMILES string of the molecule is CCNC(=NCC(c1cccs1)N(C)C)NCC(O)c1ccc(Cl)s1. The summed E-state index contributed by atoms with van der Waals surface area (Å²) in [4.78, 5) is 8.99. The average molecular weight is 401 g/mol. The molecule has 2 heterocycles. The lowest BCUT2D eigenvalue weighted by molar-refractivity contribution is 0.184. The Morgan fingerprint density at radius 2 is 2.08 bits per heavy atom. The number of thiophene rings is 2. The van der Waals surface area contributed by atoms with Crippen LogP contribution in [0.4, 0.5) is 0 Å². The Labute approximate surface area is 162 Å². The van der Waals surface area contributed by atoms with Crippen LogP contribution in [0, 0.1) is 0 Å². The second kappa shape index (κ2) is 10.1. The molecule has 0 fully saturated rings. The number of aliphatic hydroxyl groups is 1. The third-order valence-electron chi connectivity index (χ3n) is 3.65. The largest absolute Gasteiger partial charge is 0.386 e. The maximum atomic E-state index is 10.3. The van der Waals surface area contributed by atoms with Crippen LogP contribution in [0.15, 0.2) is 34.6 Å². The summed E-state index contributed by atoms with van der Waals surface area (Å²) in [5.41, 5.74) is 0. The van der Waals surface area contributed by atoms with Gasteiger partial charge >= 0.3 is 0 Å². The molecule has 138 valence electrons. The molecule has 0 aromatic carbocycles. The summed E-state index contributed by atoms with van der Waals surface area (Å²) in [6.07, 6.45) is -0.608. The van der Waals surface area contributed by atoms with E-state index in [0.717, 1.165) is 11.4 Å². The van der Waals surface area contributed by atoms with Crippen molar-refractivity contribution in [2.45, 2.75) is 19.1 Å². The molecule has 0 aliphatic carbocycles. The number of nitrogens with one attached hydrogen (secondary N) is 2. The van der Waals surface area contributed by atoms with Gasteiger partial charge in [0, 0.05) is 22.8 Å². The summed E-state index contributed by atoms with van der Waals surface area (Å²) in [5.74, 6) is 0.701. The molecular formula is C17H25ClN4OS2. The number of hydrogen-bond acceptors (Lipinski definition) is 5. The highest BCUT2D eigenvalue weighted by atomic mass is 35.5. The van der Waals surface area contributed by atoms with Gasteiger partial charge in [-0.2, -0.15) is 0 Å². The molecule has 2 atom stereocenters. The molecule has 8 heteroatoms. The maximum Gasteiger partial charge on any atom is 0.191 e. The fourth-order valence-corrected chi connectivity index (χ4v) is 4.27. The van der Waals surface area contributed by atoms with Gasteiger partial charge in [-0.15, -0.1) is 22.7 Å². The Bertz CT molecular complexity index is 657. The molecule has 0 aliphatic heterocycles. The molecule has 2 aromatic heterocycles. The zero-order chi connectivity index (χ0) is 18.2. The van der Waals surface area contributed by atoms with Crippen LogP contribution in [0.3, 0.4) is 0 Å². The third-order valence-corrected chi connectivity index (χ3v) is 5.95. The highest BCUT2D eigenvalue weighted by molar-refractivity contribution is 7.16. The van der Waals surface area contributed by atoms with Gasteiger partial charge in [-0.3, -0.25) is 4.99 Å². The van der Waals surface area contributed by atoms with Gasteiger partial charge in [0.25, 0.3) is 0 Å². The third kappa shape index (κ3) is 6.27. The summed E-state index contributed by atoms with van der Waals surface area (Å²) in [6.45, 7) is 3.81. The summed E-state index contributed by atoms with van der Waals surface area (Å²) >= 11 is 9.06. The molecule has 3 N–H and O–H groups in total. The van der Waals surface area contributed by atoms with Crippen molar-refractivity contribution in [2.24, 2.45) is 4.99 Å². The Balaban J connectivity index is 1.97. The highest BCUT2D eigenvalue weighted by Gasteiger charge is 2.15. The van der Waals surface area contributed by atoms with Gasteiger partial charge in [-0.05, 0) is 44.6 Å². The van der Waals surface area contributed by atoms with Crippen molar-refractivity contribution in [1.29, 1.82) is 0 Å². The van der Waals surface area contributed by atoms with E-state index < -0.39 is 6.10 Å².